The van der Waals surface area contributed by atoms with Crippen LogP contribution in [0.15, 0.2) is 0 Å². The largest absolute Gasteiger partial charge is 0.401 e. The van der Waals surface area contributed by atoms with Crippen molar-refractivity contribution < 1.29 is 13.2 Å². The minimum atomic E-state index is -4.08. The molecule has 0 aromatic carbocycles. The van der Waals surface area contributed by atoms with E-state index in [0.29, 0.717) is 19.1 Å². The average Bonchev–Trinajstić information content (AvgIpc) is 2.09. The number of nitrogens with zero attached hydrogens (tertiary/aromatic N) is 1. The molecule has 0 radical (unpaired) electrons. The molecule has 5 heteroatoms. The van der Waals surface area contributed by atoms with Gasteiger partial charge in [0.25, 0.3) is 0 Å². The van der Waals surface area contributed by atoms with Gasteiger partial charge in [-0.1, -0.05) is 20.8 Å². The first kappa shape index (κ1) is 15.7. The summed E-state index contributed by atoms with van der Waals surface area (Å²) in [6.07, 6.45) is -2.57. The van der Waals surface area contributed by atoms with Crippen LogP contribution in [0.4, 0.5) is 13.2 Å². The van der Waals surface area contributed by atoms with Gasteiger partial charge in [-0.2, -0.15) is 13.2 Å². The van der Waals surface area contributed by atoms with Crippen LogP contribution in [-0.4, -0.2) is 43.3 Å². The van der Waals surface area contributed by atoms with Gasteiger partial charge in [-0.15, -0.1) is 0 Å². The van der Waals surface area contributed by atoms with Gasteiger partial charge >= 0.3 is 6.18 Å². The van der Waals surface area contributed by atoms with Crippen molar-refractivity contribution in [1.29, 1.82) is 0 Å². The van der Waals surface area contributed by atoms with Crippen molar-refractivity contribution in [3.05, 3.63) is 0 Å². The summed E-state index contributed by atoms with van der Waals surface area (Å²) in [6.45, 7) is 6.96. The molecule has 0 saturated heterocycles. The van der Waals surface area contributed by atoms with Gasteiger partial charge in [-0.25, -0.2) is 0 Å². The van der Waals surface area contributed by atoms with E-state index in [9.17, 15) is 13.2 Å². The first-order valence-corrected chi connectivity index (χ1v) is 5.87. The van der Waals surface area contributed by atoms with Gasteiger partial charge in [0.2, 0.25) is 0 Å². The van der Waals surface area contributed by atoms with Gasteiger partial charge < -0.3 is 5.32 Å². The van der Waals surface area contributed by atoms with E-state index in [2.05, 4.69) is 5.32 Å². The molecule has 0 aromatic heterocycles. The summed E-state index contributed by atoms with van der Waals surface area (Å²) in [5, 5.41) is 3.20. The Morgan fingerprint density at radius 2 is 1.81 bits per heavy atom. The van der Waals surface area contributed by atoms with Gasteiger partial charge in [-0.05, 0) is 32.5 Å². The van der Waals surface area contributed by atoms with Crippen LogP contribution in [-0.2, 0) is 0 Å². The molecule has 0 aromatic rings. The van der Waals surface area contributed by atoms with Crippen LogP contribution in [0.25, 0.3) is 0 Å². The number of halogens is 3. The van der Waals surface area contributed by atoms with Crippen LogP contribution in [0.1, 0.15) is 33.6 Å². The minimum absolute atomic E-state index is 0.391. The Morgan fingerprint density at radius 3 is 2.25 bits per heavy atom. The lowest BCUT2D eigenvalue weighted by atomic mass is 10.3. The lowest BCUT2D eigenvalue weighted by Crippen LogP contribution is -2.37. The predicted octanol–water partition coefficient (Wildman–Crippen LogP) is 2.65. The van der Waals surface area contributed by atoms with Crippen molar-refractivity contribution in [3.63, 3.8) is 0 Å². The first-order chi connectivity index (χ1) is 7.35. The summed E-state index contributed by atoms with van der Waals surface area (Å²) in [7, 11) is 0. The number of nitrogens with one attached hydrogen (secondary N) is 1. The van der Waals surface area contributed by atoms with Crippen molar-refractivity contribution in [1.82, 2.24) is 10.2 Å². The molecule has 0 amide bonds. The fraction of sp³-hybridized carbons (Fsp3) is 1.00. The second-order valence-electron chi connectivity index (χ2n) is 4.35. The molecule has 0 spiro atoms. The van der Waals surface area contributed by atoms with Crippen molar-refractivity contribution >= 4 is 0 Å². The predicted molar refractivity (Wildman–Crippen MR) is 60.5 cm³/mol. The van der Waals surface area contributed by atoms with Gasteiger partial charge in [0.15, 0.2) is 0 Å². The highest BCUT2D eigenvalue weighted by molar-refractivity contribution is 4.64. The van der Waals surface area contributed by atoms with E-state index in [0.717, 1.165) is 19.4 Å². The molecular formula is C11H23F3N2. The molecule has 2 nitrogen and oxygen atoms in total. The lowest BCUT2D eigenvalue weighted by Gasteiger charge is -2.23. The quantitative estimate of drug-likeness (QED) is 0.656. The third kappa shape index (κ3) is 10.2. The minimum Gasteiger partial charge on any atom is -0.314 e. The van der Waals surface area contributed by atoms with E-state index < -0.39 is 12.7 Å². The second kappa shape index (κ2) is 7.90. The fourth-order valence-corrected chi connectivity index (χ4v) is 1.53. The molecule has 0 bridgehead atoms. The summed E-state index contributed by atoms with van der Waals surface area (Å²) in [4.78, 5) is 1.47. The maximum atomic E-state index is 12.2. The Morgan fingerprint density at radius 1 is 1.19 bits per heavy atom. The summed E-state index contributed by atoms with van der Waals surface area (Å²) in [6, 6.07) is 0.391. The molecule has 0 aliphatic carbocycles. The fourth-order valence-electron chi connectivity index (χ4n) is 1.53. The van der Waals surface area contributed by atoms with Gasteiger partial charge in [0.1, 0.15) is 0 Å². The molecular weight excluding hydrogens is 217 g/mol. The maximum Gasteiger partial charge on any atom is 0.401 e. The molecule has 0 aliphatic heterocycles. The van der Waals surface area contributed by atoms with Crippen molar-refractivity contribution in [2.75, 3.05) is 26.2 Å². The Hall–Kier alpha value is -0.290. The van der Waals surface area contributed by atoms with E-state index in [1.165, 1.54) is 4.90 Å². The number of hydrogen-bond donors (Lipinski definition) is 1. The highest BCUT2D eigenvalue weighted by atomic mass is 19.4. The van der Waals surface area contributed by atoms with Crippen LogP contribution in [0.2, 0.25) is 0 Å². The summed E-state index contributed by atoms with van der Waals surface area (Å²) in [5.74, 6) is 0. The summed E-state index contributed by atoms with van der Waals surface area (Å²) < 4.78 is 36.6. The van der Waals surface area contributed by atoms with Gasteiger partial charge in [-0.3, -0.25) is 4.90 Å². The molecule has 1 N–H and O–H groups in total. The van der Waals surface area contributed by atoms with Crippen LogP contribution < -0.4 is 5.32 Å². The highest BCUT2D eigenvalue weighted by Crippen LogP contribution is 2.16. The Balaban J connectivity index is 3.76. The molecule has 0 saturated carbocycles. The zero-order chi connectivity index (χ0) is 12.6. The van der Waals surface area contributed by atoms with Crippen molar-refractivity contribution in [2.45, 2.75) is 45.8 Å². The third-order valence-electron chi connectivity index (χ3n) is 2.15. The van der Waals surface area contributed by atoms with E-state index >= 15 is 0 Å². The van der Waals surface area contributed by atoms with E-state index in [1.54, 1.807) is 0 Å². The summed E-state index contributed by atoms with van der Waals surface area (Å²) in [5.41, 5.74) is 0. The van der Waals surface area contributed by atoms with Crippen molar-refractivity contribution in [2.24, 2.45) is 0 Å². The molecule has 0 atom stereocenters. The van der Waals surface area contributed by atoms with Crippen LogP contribution in [0.5, 0.6) is 0 Å². The van der Waals surface area contributed by atoms with E-state index in [4.69, 9.17) is 0 Å². The zero-order valence-corrected chi connectivity index (χ0v) is 10.4. The Labute approximate surface area is 96.2 Å². The van der Waals surface area contributed by atoms with E-state index in [-0.39, 0.29) is 0 Å². The molecule has 0 heterocycles. The monoisotopic (exact) mass is 240 g/mol. The zero-order valence-electron chi connectivity index (χ0n) is 10.4. The third-order valence-corrected chi connectivity index (χ3v) is 2.15. The van der Waals surface area contributed by atoms with Crippen LogP contribution in [0.3, 0.4) is 0 Å². The molecule has 0 aliphatic rings. The Bertz CT molecular complexity index is 169. The van der Waals surface area contributed by atoms with Crippen LogP contribution >= 0.6 is 0 Å². The number of rotatable bonds is 8. The topological polar surface area (TPSA) is 15.3 Å². The summed E-state index contributed by atoms with van der Waals surface area (Å²) >= 11 is 0. The van der Waals surface area contributed by atoms with Gasteiger partial charge in [0.05, 0.1) is 6.54 Å². The van der Waals surface area contributed by atoms with Gasteiger partial charge in [0, 0.05) is 6.04 Å². The molecule has 98 valence electrons. The van der Waals surface area contributed by atoms with E-state index in [1.807, 2.05) is 20.8 Å². The standard InChI is InChI=1S/C11H23F3N2/c1-4-7-16(9-11(12,13)14)8-5-6-15-10(2)3/h10,15H,4-9H2,1-3H3. The lowest BCUT2D eigenvalue weighted by molar-refractivity contribution is -0.146. The van der Waals surface area contributed by atoms with Crippen LogP contribution in [0, 0.1) is 0 Å². The second-order valence-corrected chi connectivity index (χ2v) is 4.35. The number of hydrogen-bond acceptors (Lipinski definition) is 2. The SMILES string of the molecule is CCCN(CCCNC(C)C)CC(F)(F)F. The normalized spacial score (nSPS) is 12.8. The molecule has 0 unspecified atom stereocenters. The molecule has 0 rings (SSSR count). The number of alkyl halides is 3. The average molecular weight is 240 g/mol. The highest BCUT2D eigenvalue weighted by Gasteiger charge is 2.29. The first-order valence-electron chi connectivity index (χ1n) is 5.87. The Kier molecular flexibility index (Phi) is 7.76. The maximum absolute atomic E-state index is 12.2. The molecule has 16 heavy (non-hydrogen) atoms. The molecule has 0 fully saturated rings. The smallest absolute Gasteiger partial charge is 0.314 e. The van der Waals surface area contributed by atoms with Crippen molar-refractivity contribution in [3.8, 4) is 0 Å².